The van der Waals surface area contributed by atoms with Gasteiger partial charge in [-0.05, 0) is 31.9 Å². The highest BCUT2D eigenvalue weighted by atomic mass is 32.1. The van der Waals surface area contributed by atoms with E-state index in [-0.39, 0.29) is 24.4 Å². The predicted octanol–water partition coefficient (Wildman–Crippen LogP) is 2.24. The maximum Gasteiger partial charge on any atom is 0.307 e. The summed E-state index contributed by atoms with van der Waals surface area (Å²) in [6, 6.07) is 3.77. The van der Waals surface area contributed by atoms with Crippen LogP contribution in [-0.2, 0) is 14.3 Å². The number of nitrogens with zero attached hydrogens (tertiary/aromatic N) is 1. The summed E-state index contributed by atoms with van der Waals surface area (Å²) in [6.07, 6.45) is 2.28. The van der Waals surface area contributed by atoms with E-state index in [9.17, 15) is 9.59 Å². The van der Waals surface area contributed by atoms with Gasteiger partial charge in [-0.2, -0.15) is 0 Å². The molecule has 1 aromatic heterocycles. The highest BCUT2D eigenvalue weighted by Crippen LogP contribution is 2.20. The minimum absolute atomic E-state index is 0.0347. The van der Waals surface area contributed by atoms with E-state index < -0.39 is 0 Å². The third-order valence-electron chi connectivity index (χ3n) is 3.50. The first-order chi connectivity index (χ1) is 10.1. The molecule has 1 aliphatic heterocycles. The number of aryl methyl sites for hydroxylation is 1. The van der Waals surface area contributed by atoms with Crippen molar-refractivity contribution in [3.05, 3.63) is 21.9 Å². The van der Waals surface area contributed by atoms with Crippen LogP contribution in [0.2, 0.25) is 0 Å². The molecule has 0 bridgehead atoms. The van der Waals surface area contributed by atoms with E-state index >= 15 is 0 Å². The van der Waals surface area contributed by atoms with Crippen LogP contribution in [0.15, 0.2) is 12.1 Å². The minimum Gasteiger partial charge on any atom is -0.469 e. The van der Waals surface area contributed by atoms with Crippen LogP contribution >= 0.6 is 11.3 Å². The smallest absolute Gasteiger partial charge is 0.307 e. The van der Waals surface area contributed by atoms with Crippen molar-refractivity contribution in [3.63, 3.8) is 0 Å². The summed E-state index contributed by atoms with van der Waals surface area (Å²) < 4.78 is 10.3. The summed E-state index contributed by atoms with van der Waals surface area (Å²) >= 11 is 1.47. The number of hydrogen-bond acceptors (Lipinski definition) is 5. The molecule has 1 amide bonds. The van der Waals surface area contributed by atoms with Crippen molar-refractivity contribution >= 4 is 23.2 Å². The summed E-state index contributed by atoms with van der Waals surface area (Å²) in [5.41, 5.74) is 0. The fourth-order valence-electron chi connectivity index (χ4n) is 2.34. The van der Waals surface area contributed by atoms with E-state index in [2.05, 4.69) is 4.74 Å². The van der Waals surface area contributed by atoms with Crippen molar-refractivity contribution in [2.24, 2.45) is 0 Å². The molecule has 1 atom stereocenters. The van der Waals surface area contributed by atoms with Gasteiger partial charge in [-0.25, -0.2) is 0 Å². The highest BCUT2D eigenvalue weighted by molar-refractivity contribution is 7.13. The highest BCUT2D eigenvalue weighted by Gasteiger charge is 2.24. The Hall–Kier alpha value is -1.40. The van der Waals surface area contributed by atoms with Gasteiger partial charge in [0.1, 0.15) is 0 Å². The molecule has 1 fully saturated rings. The molecule has 5 nitrogen and oxygen atoms in total. The number of carbonyl (C=O) groups is 2. The molecule has 6 heteroatoms. The summed E-state index contributed by atoms with van der Waals surface area (Å²) in [4.78, 5) is 27.4. The fraction of sp³-hybridized carbons (Fsp3) is 0.600. The van der Waals surface area contributed by atoms with Gasteiger partial charge in [0.05, 0.1) is 24.5 Å². The van der Waals surface area contributed by atoms with Crippen molar-refractivity contribution in [1.82, 2.24) is 4.90 Å². The number of methoxy groups -OCH3 is 1. The fourth-order valence-corrected chi connectivity index (χ4v) is 3.18. The van der Waals surface area contributed by atoms with Gasteiger partial charge >= 0.3 is 5.97 Å². The van der Waals surface area contributed by atoms with E-state index in [4.69, 9.17) is 4.74 Å². The molecule has 0 spiro atoms. The summed E-state index contributed by atoms with van der Waals surface area (Å²) in [7, 11) is 1.36. The molecular weight excluding hydrogens is 290 g/mol. The molecule has 21 heavy (non-hydrogen) atoms. The molecular formula is C15H21NO4S. The van der Waals surface area contributed by atoms with Crippen LogP contribution in [0.1, 0.15) is 33.8 Å². The van der Waals surface area contributed by atoms with Crippen LogP contribution in [0.3, 0.4) is 0 Å². The van der Waals surface area contributed by atoms with E-state index in [1.807, 2.05) is 19.1 Å². The zero-order valence-electron chi connectivity index (χ0n) is 12.5. The second-order valence-corrected chi connectivity index (χ2v) is 6.41. The van der Waals surface area contributed by atoms with Crippen LogP contribution in [0.4, 0.5) is 0 Å². The van der Waals surface area contributed by atoms with Crippen LogP contribution in [0.5, 0.6) is 0 Å². The standard InChI is InChI=1S/C15H21NO4S/c1-11-5-6-13(21-11)15(18)16(8-7-14(17)19-2)10-12-4-3-9-20-12/h5-6,12H,3-4,7-10H2,1-2H3. The maximum absolute atomic E-state index is 12.6. The van der Waals surface area contributed by atoms with Crippen molar-refractivity contribution < 1.29 is 19.1 Å². The van der Waals surface area contributed by atoms with Crippen LogP contribution in [0, 0.1) is 6.92 Å². The Kier molecular flexibility index (Phi) is 5.76. The van der Waals surface area contributed by atoms with E-state index in [0.29, 0.717) is 18.0 Å². The lowest BCUT2D eigenvalue weighted by atomic mass is 10.2. The van der Waals surface area contributed by atoms with Gasteiger partial charge in [-0.15, -0.1) is 11.3 Å². The first-order valence-electron chi connectivity index (χ1n) is 7.14. The second kappa shape index (κ2) is 7.56. The molecule has 0 N–H and O–H groups in total. The van der Waals surface area contributed by atoms with Crippen LogP contribution in [0.25, 0.3) is 0 Å². The van der Waals surface area contributed by atoms with Gasteiger partial charge in [0.15, 0.2) is 0 Å². The molecule has 2 heterocycles. The lowest BCUT2D eigenvalue weighted by Gasteiger charge is -2.24. The van der Waals surface area contributed by atoms with Gasteiger partial charge in [0, 0.05) is 24.6 Å². The predicted molar refractivity (Wildman–Crippen MR) is 80.6 cm³/mol. The van der Waals surface area contributed by atoms with Crippen molar-refractivity contribution in [2.75, 3.05) is 26.8 Å². The van der Waals surface area contributed by atoms with Gasteiger partial charge in [0.25, 0.3) is 5.91 Å². The number of carbonyl (C=O) groups excluding carboxylic acids is 2. The third kappa shape index (κ3) is 4.54. The Bertz CT molecular complexity index is 494. The SMILES string of the molecule is COC(=O)CCN(CC1CCCO1)C(=O)c1ccc(C)s1. The Morgan fingerprint density at radius 1 is 1.48 bits per heavy atom. The first kappa shape index (κ1) is 16.0. The lowest BCUT2D eigenvalue weighted by Crippen LogP contribution is -2.38. The Labute approximate surface area is 128 Å². The van der Waals surface area contributed by atoms with Gasteiger partial charge < -0.3 is 14.4 Å². The largest absolute Gasteiger partial charge is 0.469 e. The molecule has 0 aromatic carbocycles. The normalized spacial score (nSPS) is 17.7. The number of hydrogen-bond donors (Lipinski definition) is 0. The molecule has 2 rings (SSSR count). The van der Waals surface area contributed by atoms with Gasteiger partial charge in [-0.3, -0.25) is 9.59 Å². The molecule has 1 aliphatic rings. The number of ether oxygens (including phenoxy) is 2. The summed E-state index contributed by atoms with van der Waals surface area (Å²) in [5.74, 6) is -0.338. The molecule has 116 valence electrons. The Morgan fingerprint density at radius 2 is 2.29 bits per heavy atom. The minimum atomic E-state index is -0.303. The molecule has 1 aromatic rings. The maximum atomic E-state index is 12.6. The first-order valence-corrected chi connectivity index (χ1v) is 7.96. The summed E-state index contributed by atoms with van der Waals surface area (Å²) in [6.45, 7) is 3.62. The van der Waals surface area contributed by atoms with E-state index in [1.54, 1.807) is 4.90 Å². The Morgan fingerprint density at radius 3 is 2.86 bits per heavy atom. The Balaban J connectivity index is 2.02. The number of esters is 1. The van der Waals surface area contributed by atoms with Crippen molar-refractivity contribution in [1.29, 1.82) is 0 Å². The molecule has 0 saturated carbocycles. The number of rotatable bonds is 6. The van der Waals surface area contributed by atoms with E-state index in [1.165, 1.54) is 18.4 Å². The zero-order valence-corrected chi connectivity index (χ0v) is 13.3. The van der Waals surface area contributed by atoms with Crippen molar-refractivity contribution in [2.45, 2.75) is 32.3 Å². The number of thiophene rings is 1. The lowest BCUT2D eigenvalue weighted by molar-refractivity contribution is -0.140. The zero-order chi connectivity index (χ0) is 15.2. The van der Waals surface area contributed by atoms with Crippen LogP contribution < -0.4 is 0 Å². The average molecular weight is 311 g/mol. The number of amides is 1. The summed E-state index contributed by atoms with van der Waals surface area (Å²) in [5, 5.41) is 0. The average Bonchev–Trinajstić information content (AvgIpc) is 3.13. The molecule has 0 radical (unpaired) electrons. The van der Waals surface area contributed by atoms with Crippen molar-refractivity contribution in [3.8, 4) is 0 Å². The van der Waals surface area contributed by atoms with Crippen LogP contribution in [-0.4, -0.2) is 49.7 Å². The quantitative estimate of drug-likeness (QED) is 0.756. The van der Waals surface area contributed by atoms with E-state index in [0.717, 1.165) is 24.3 Å². The second-order valence-electron chi connectivity index (χ2n) is 5.12. The van der Waals surface area contributed by atoms with Gasteiger partial charge in [0.2, 0.25) is 0 Å². The monoisotopic (exact) mass is 311 g/mol. The van der Waals surface area contributed by atoms with Gasteiger partial charge in [-0.1, -0.05) is 0 Å². The molecule has 0 aliphatic carbocycles. The topological polar surface area (TPSA) is 55.8 Å². The molecule has 1 unspecified atom stereocenters. The third-order valence-corrected chi connectivity index (χ3v) is 4.49. The molecule has 1 saturated heterocycles.